The van der Waals surface area contributed by atoms with Gasteiger partial charge in [-0.05, 0) is 61.9 Å². The summed E-state index contributed by atoms with van der Waals surface area (Å²) < 4.78 is 51.5. The van der Waals surface area contributed by atoms with E-state index in [1.54, 1.807) is 25.1 Å². The Hall–Kier alpha value is -3.92. The van der Waals surface area contributed by atoms with Crippen LogP contribution in [0.3, 0.4) is 0 Å². The summed E-state index contributed by atoms with van der Waals surface area (Å²) in [4.78, 5) is 23.9. The van der Waals surface area contributed by atoms with Gasteiger partial charge in [0.25, 0.3) is 15.9 Å². The molecule has 2 N–H and O–H groups in total. The second kappa shape index (κ2) is 10.8. The number of ether oxygens (including phenoxy) is 2. The van der Waals surface area contributed by atoms with Crippen molar-refractivity contribution >= 4 is 33.3 Å². The number of rotatable bonds is 9. The SMILES string of the molecule is CCOC(=O)COc1cccc(NC(=O)c2cccc(NS(=O)(=O)c3ccc(C)c(F)c3)c2)c1. The Balaban J connectivity index is 1.70. The zero-order valence-electron chi connectivity index (χ0n) is 18.5. The summed E-state index contributed by atoms with van der Waals surface area (Å²) in [5.41, 5.74) is 1.06. The van der Waals surface area contributed by atoms with Crippen LogP contribution in [-0.4, -0.2) is 33.5 Å². The van der Waals surface area contributed by atoms with Crippen LogP contribution >= 0.6 is 0 Å². The lowest BCUT2D eigenvalue weighted by Gasteiger charge is -2.11. The summed E-state index contributed by atoms with van der Waals surface area (Å²) in [5.74, 6) is -1.28. The number of benzene rings is 3. The number of carbonyl (C=O) groups is 2. The Morgan fingerprint density at radius 1 is 0.971 bits per heavy atom. The second-order valence-electron chi connectivity index (χ2n) is 7.17. The molecule has 3 aromatic rings. The molecule has 0 aromatic heterocycles. The first kappa shape index (κ1) is 24.7. The molecule has 0 radical (unpaired) electrons. The van der Waals surface area contributed by atoms with E-state index in [9.17, 15) is 22.4 Å². The highest BCUT2D eigenvalue weighted by Crippen LogP contribution is 2.21. The first-order valence-electron chi connectivity index (χ1n) is 10.3. The molecule has 0 heterocycles. The largest absolute Gasteiger partial charge is 0.482 e. The van der Waals surface area contributed by atoms with Crippen LogP contribution in [-0.2, 0) is 19.6 Å². The maximum absolute atomic E-state index is 13.8. The zero-order valence-corrected chi connectivity index (χ0v) is 19.3. The van der Waals surface area contributed by atoms with Gasteiger partial charge < -0.3 is 14.8 Å². The van der Waals surface area contributed by atoms with Crippen LogP contribution in [0.4, 0.5) is 15.8 Å². The molecule has 0 atom stereocenters. The minimum absolute atomic E-state index is 0.139. The molecule has 0 fully saturated rings. The van der Waals surface area contributed by atoms with Crippen LogP contribution < -0.4 is 14.8 Å². The standard InChI is InChI=1S/C24H23FN2O6S/c1-3-32-23(28)15-33-20-9-5-7-18(13-20)26-24(29)17-6-4-8-19(12-17)27-34(30,31)21-11-10-16(2)22(25)14-21/h4-14,27H,3,15H2,1-2H3,(H,26,29). The summed E-state index contributed by atoms with van der Waals surface area (Å²) >= 11 is 0. The lowest BCUT2D eigenvalue weighted by atomic mass is 10.2. The van der Waals surface area contributed by atoms with E-state index in [2.05, 4.69) is 10.0 Å². The first-order valence-corrected chi connectivity index (χ1v) is 11.7. The number of esters is 1. The lowest BCUT2D eigenvalue weighted by Crippen LogP contribution is -2.16. The van der Waals surface area contributed by atoms with E-state index in [4.69, 9.17) is 9.47 Å². The van der Waals surface area contributed by atoms with Crippen LogP contribution in [0, 0.1) is 12.7 Å². The summed E-state index contributed by atoms with van der Waals surface area (Å²) in [6, 6.07) is 15.9. The second-order valence-corrected chi connectivity index (χ2v) is 8.86. The fourth-order valence-corrected chi connectivity index (χ4v) is 3.95. The summed E-state index contributed by atoms with van der Waals surface area (Å²) in [6.07, 6.45) is 0. The Bertz CT molecular complexity index is 1310. The molecule has 178 valence electrons. The molecule has 34 heavy (non-hydrogen) atoms. The van der Waals surface area contributed by atoms with Crippen LogP contribution in [0.5, 0.6) is 5.75 Å². The lowest BCUT2D eigenvalue weighted by molar-refractivity contribution is -0.145. The van der Waals surface area contributed by atoms with Crippen molar-refractivity contribution in [2.75, 3.05) is 23.3 Å². The number of nitrogens with one attached hydrogen (secondary N) is 2. The van der Waals surface area contributed by atoms with Crippen molar-refractivity contribution in [3.63, 3.8) is 0 Å². The smallest absolute Gasteiger partial charge is 0.344 e. The molecular weight excluding hydrogens is 463 g/mol. The van der Waals surface area contributed by atoms with Gasteiger partial charge in [0, 0.05) is 23.0 Å². The third kappa shape index (κ3) is 6.55. The van der Waals surface area contributed by atoms with Crippen molar-refractivity contribution in [1.29, 1.82) is 0 Å². The van der Waals surface area contributed by atoms with E-state index in [0.717, 1.165) is 6.07 Å². The third-order valence-electron chi connectivity index (χ3n) is 4.58. The topological polar surface area (TPSA) is 111 Å². The molecule has 0 saturated heterocycles. The maximum atomic E-state index is 13.8. The van der Waals surface area contributed by atoms with Gasteiger partial charge in [0.15, 0.2) is 6.61 Å². The van der Waals surface area contributed by atoms with Crippen LogP contribution in [0.2, 0.25) is 0 Å². The highest BCUT2D eigenvalue weighted by Gasteiger charge is 2.17. The van der Waals surface area contributed by atoms with Crippen molar-refractivity contribution in [3.8, 4) is 5.75 Å². The summed E-state index contributed by atoms with van der Waals surface area (Å²) in [7, 11) is -4.05. The van der Waals surface area contributed by atoms with Gasteiger partial charge >= 0.3 is 5.97 Å². The van der Waals surface area contributed by atoms with E-state index in [-0.39, 0.29) is 29.4 Å². The van der Waals surface area contributed by atoms with E-state index in [1.165, 1.54) is 49.4 Å². The average molecular weight is 487 g/mol. The average Bonchev–Trinajstić information content (AvgIpc) is 2.80. The van der Waals surface area contributed by atoms with Crippen molar-refractivity contribution in [1.82, 2.24) is 0 Å². The molecule has 8 nitrogen and oxygen atoms in total. The van der Waals surface area contributed by atoms with Crippen molar-refractivity contribution in [2.45, 2.75) is 18.7 Å². The third-order valence-corrected chi connectivity index (χ3v) is 5.96. The fraction of sp³-hybridized carbons (Fsp3) is 0.167. The normalized spacial score (nSPS) is 10.9. The van der Waals surface area contributed by atoms with E-state index >= 15 is 0 Å². The van der Waals surface area contributed by atoms with Gasteiger partial charge in [-0.25, -0.2) is 17.6 Å². The van der Waals surface area contributed by atoms with Crippen molar-refractivity contribution in [3.05, 3.63) is 83.7 Å². The molecule has 0 spiro atoms. The summed E-state index contributed by atoms with van der Waals surface area (Å²) in [6.45, 7) is 3.20. The Morgan fingerprint density at radius 3 is 2.44 bits per heavy atom. The number of aryl methyl sites for hydroxylation is 1. The maximum Gasteiger partial charge on any atom is 0.344 e. The molecule has 3 rings (SSSR count). The highest BCUT2D eigenvalue weighted by atomic mass is 32.2. The van der Waals surface area contributed by atoms with Gasteiger partial charge in [-0.1, -0.05) is 18.2 Å². The molecule has 3 aromatic carbocycles. The number of hydrogen-bond acceptors (Lipinski definition) is 6. The fourth-order valence-electron chi connectivity index (χ4n) is 2.89. The Labute approximate surface area is 196 Å². The van der Waals surface area contributed by atoms with Gasteiger partial charge in [-0.15, -0.1) is 0 Å². The van der Waals surface area contributed by atoms with Crippen LogP contribution in [0.1, 0.15) is 22.8 Å². The molecule has 1 amide bonds. The number of halogens is 1. The molecule has 0 saturated carbocycles. The predicted octanol–water partition coefficient (Wildman–Crippen LogP) is 4.13. The molecular formula is C24H23FN2O6S. The van der Waals surface area contributed by atoms with Crippen molar-refractivity contribution in [2.24, 2.45) is 0 Å². The van der Waals surface area contributed by atoms with Crippen LogP contribution in [0.25, 0.3) is 0 Å². The molecule has 0 aliphatic heterocycles. The molecule has 0 bridgehead atoms. The van der Waals surface area contributed by atoms with Crippen LogP contribution in [0.15, 0.2) is 71.6 Å². The van der Waals surface area contributed by atoms with Crippen molar-refractivity contribution < 1.29 is 31.9 Å². The first-order chi connectivity index (χ1) is 16.2. The Kier molecular flexibility index (Phi) is 7.85. The minimum Gasteiger partial charge on any atom is -0.482 e. The predicted molar refractivity (Wildman–Crippen MR) is 125 cm³/mol. The number of sulfonamides is 1. The number of carbonyl (C=O) groups excluding carboxylic acids is 2. The summed E-state index contributed by atoms with van der Waals surface area (Å²) in [5, 5.41) is 2.68. The van der Waals surface area contributed by atoms with Gasteiger partial charge in [-0.2, -0.15) is 0 Å². The molecule has 10 heteroatoms. The quantitative estimate of drug-likeness (QED) is 0.440. The molecule has 0 aliphatic rings. The monoisotopic (exact) mass is 486 g/mol. The molecule has 0 aliphatic carbocycles. The number of amides is 1. The van der Waals surface area contributed by atoms with Gasteiger partial charge in [0.1, 0.15) is 11.6 Å². The van der Waals surface area contributed by atoms with E-state index in [1.807, 2.05) is 0 Å². The number of hydrogen-bond donors (Lipinski definition) is 2. The number of anilines is 2. The van der Waals surface area contributed by atoms with Gasteiger partial charge in [0.2, 0.25) is 0 Å². The zero-order chi connectivity index (χ0) is 24.7. The van der Waals surface area contributed by atoms with Gasteiger partial charge in [0.05, 0.1) is 11.5 Å². The minimum atomic E-state index is -4.05. The van der Waals surface area contributed by atoms with Gasteiger partial charge in [-0.3, -0.25) is 9.52 Å². The highest BCUT2D eigenvalue weighted by molar-refractivity contribution is 7.92. The van der Waals surface area contributed by atoms with E-state index < -0.39 is 27.7 Å². The Morgan fingerprint density at radius 2 is 1.71 bits per heavy atom. The van der Waals surface area contributed by atoms with E-state index in [0.29, 0.717) is 17.0 Å². The molecule has 0 unspecified atom stereocenters.